The largest absolute Gasteiger partial charge is 0.329 e. The fourth-order valence-electron chi connectivity index (χ4n) is 1.25. The maximum Gasteiger partial charge on any atom is 0.211 e. The number of carbonyl (C=O) groups excluding carboxylic acids is 1. The maximum absolute atomic E-state index is 10.3. The summed E-state index contributed by atoms with van der Waals surface area (Å²) in [4.78, 5) is 18.3. The third kappa shape index (κ3) is 3.14. The van der Waals surface area contributed by atoms with E-state index in [1.54, 1.807) is 30.6 Å². The van der Waals surface area contributed by atoms with Crippen LogP contribution in [0, 0.1) is 11.8 Å². The molecule has 0 saturated carbocycles. The van der Waals surface area contributed by atoms with Crippen molar-refractivity contribution in [1.82, 2.24) is 9.97 Å². The summed E-state index contributed by atoms with van der Waals surface area (Å²) in [7, 11) is 0. The second kappa shape index (κ2) is 5.42. The van der Waals surface area contributed by atoms with E-state index in [4.69, 9.17) is 0 Å². The first-order valence-corrected chi connectivity index (χ1v) is 4.98. The van der Waals surface area contributed by atoms with Crippen molar-refractivity contribution in [2.24, 2.45) is 0 Å². The van der Waals surface area contributed by atoms with Crippen LogP contribution in [0.3, 0.4) is 0 Å². The first kappa shape index (κ1) is 10.8. The smallest absolute Gasteiger partial charge is 0.211 e. The molecule has 17 heavy (non-hydrogen) atoms. The van der Waals surface area contributed by atoms with Gasteiger partial charge in [-0.15, -0.1) is 0 Å². The molecule has 82 valence electrons. The third-order valence-electron chi connectivity index (χ3n) is 1.97. The van der Waals surface area contributed by atoms with Crippen molar-refractivity contribution in [2.75, 3.05) is 5.32 Å². The van der Waals surface area contributed by atoms with Crippen LogP contribution in [0.4, 0.5) is 5.69 Å². The van der Waals surface area contributed by atoms with Gasteiger partial charge in [-0.3, -0.25) is 4.79 Å². The van der Waals surface area contributed by atoms with Gasteiger partial charge in [-0.2, -0.15) is 0 Å². The van der Waals surface area contributed by atoms with Crippen LogP contribution < -0.4 is 5.32 Å². The molecule has 0 aliphatic rings. The van der Waals surface area contributed by atoms with Crippen molar-refractivity contribution >= 4 is 12.1 Å². The Kier molecular flexibility index (Phi) is 3.46. The maximum atomic E-state index is 10.3. The van der Waals surface area contributed by atoms with E-state index in [1.165, 1.54) is 0 Å². The topological polar surface area (TPSA) is 54.9 Å². The van der Waals surface area contributed by atoms with Crippen molar-refractivity contribution in [3.05, 3.63) is 54.1 Å². The van der Waals surface area contributed by atoms with Gasteiger partial charge in [-0.05, 0) is 30.2 Å². The quantitative estimate of drug-likeness (QED) is 0.619. The first-order valence-electron chi connectivity index (χ1n) is 4.98. The van der Waals surface area contributed by atoms with E-state index in [9.17, 15) is 4.79 Å². The van der Waals surface area contributed by atoms with Gasteiger partial charge in [0.15, 0.2) is 0 Å². The lowest BCUT2D eigenvalue weighted by Gasteiger charge is -1.97. The van der Waals surface area contributed by atoms with Crippen LogP contribution in [0.1, 0.15) is 11.4 Å². The van der Waals surface area contributed by atoms with Gasteiger partial charge in [-0.25, -0.2) is 9.97 Å². The molecule has 2 rings (SSSR count). The number of hydrogen-bond donors (Lipinski definition) is 1. The van der Waals surface area contributed by atoms with Gasteiger partial charge >= 0.3 is 0 Å². The van der Waals surface area contributed by atoms with Crippen LogP contribution in [-0.4, -0.2) is 16.4 Å². The van der Waals surface area contributed by atoms with E-state index in [0.29, 0.717) is 17.9 Å². The molecule has 4 heteroatoms. The summed E-state index contributed by atoms with van der Waals surface area (Å²) >= 11 is 0. The lowest BCUT2D eigenvalue weighted by Crippen LogP contribution is -1.93. The van der Waals surface area contributed by atoms with E-state index < -0.39 is 0 Å². The second-order valence-corrected chi connectivity index (χ2v) is 3.17. The van der Waals surface area contributed by atoms with Crippen molar-refractivity contribution in [2.45, 2.75) is 0 Å². The van der Waals surface area contributed by atoms with Crippen LogP contribution in [0.2, 0.25) is 0 Å². The molecule has 1 aromatic carbocycles. The average molecular weight is 223 g/mol. The van der Waals surface area contributed by atoms with Crippen LogP contribution >= 0.6 is 0 Å². The Morgan fingerprint density at radius 3 is 2.71 bits per heavy atom. The van der Waals surface area contributed by atoms with Gasteiger partial charge in [0, 0.05) is 23.6 Å². The van der Waals surface area contributed by atoms with Crippen molar-refractivity contribution < 1.29 is 4.79 Å². The Morgan fingerprint density at radius 1 is 1.12 bits per heavy atom. The zero-order valence-electron chi connectivity index (χ0n) is 8.92. The van der Waals surface area contributed by atoms with E-state index in [-0.39, 0.29) is 0 Å². The average Bonchev–Trinajstić information content (AvgIpc) is 2.39. The first-order chi connectivity index (χ1) is 8.38. The van der Waals surface area contributed by atoms with Gasteiger partial charge in [-0.1, -0.05) is 12.0 Å². The highest BCUT2D eigenvalue weighted by atomic mass is 16.1. The molecule has 4 nitrogen and oxygen atoms in total. The Labute approximate surface area is 98.7 Å². The highest BCUT2D eigenvalue weighted by Crippen LogP contribution is 2.08. The minimum absolute atomic E-state index is 0.473. The third-order valence-corrected chi connectivity index (χ3v) is 1.97. The van der Waals surface area contributed by atoms with E-state index >= 15 is 0 Å². The summed E-state index contributed by atoms with van der Waals surface area (Å²) in [5.74, 6) is 6.24. The molecule has 1 amide bonds. The van der Waals surface area contributed by atoms with Crippen LogP contribution in [0.5, 0.6) is 0 Å². The van der Waals surface area contributed by atoms with E-state index in [1.807, 2.05) is 12.1 Å². The fourth-order valence-corrected chi connectivity index (χ4v) is 1.25. The lowest BCUT2D eigenvalue weighted by atomic mass is 10.2. The molecule has 0 atom stereocenters. The Hall–Kier alpha value is -2.67. The molecule has 0 fully saturated rings. The molecule has 0 spiro atoms. The minimum Gasteiger partial charge on any atom is -0.329 e. The Balaban J connectivity index is 2.22. The van der Waals surface area contributed by atoms with Gasteiger partial charge in [0.05, 0.1) is 0 Å². The summed E-state index contributed by atoms with van der Waals surface area (Å²) in [6, 6.07) is 8.98. The number of nitrogens with zero attached hydrogens (tertiary/aromatic N) is 2. The van der Waals surface area contributed by atoms with Crippen molar-refractivity contribution in [1.29, 1.82) is 0 Å². The van der Waals surface area contributed by atoms with E-state index in [2.05, 4.69) is 27.1 Å². The summed E-state index contributed by atoms with van der Waals surface area (Å²) < 4.78 is 0. The van der Waals surface area contributed by atoms with Gasteiger partial charge in [0.1, 0.15) is 0 Å². The Bertz CT molecular complexity index is 570. The number of amides is 1. The molecule has 1 aromatic heterocycles. The molecular formula is C13H9N3O. The zero-order valence-corrected chi connectivity index (χ0v) is 8.92. The molecule has 0 saturated heterocycles. The predicted octanol–water partition coefficient (Wildman–Crippen LogP) is 1.44. The molecule has 1 heterocycles. The van der Waals surface area contributed by atoms with Crippen LogP contribution in [-0.2, 0) is 4.79 Å². The number of benzene rings is 1. The molecule has 0 aliphatic carbocycles. The van der Waals surface area contributed by atoms with Gasteiger partial charge in [0.2, 0.25) is 12.2 Å². The Morgan fingerprint density at radius 2 is 1.94 bits per heavy atom. The molecule has 0 bridgehead atoms. The van der Waals surface area contributed by atoms with Crippen molar-refractivity contribution in [3.63, 3.8) is 0 Å². The van der Waals surface area contributed by atoms with Crippen LogP contribution in [0.25, 0.3) is 0 Å². The molecule has 0 radical (unpaired) electrons. The SMILES string of the molecule is O=CNc1cccc(C#Cc2ncccn2)c1. The van der Waals surface area contributed by atoms with E-state index in [0.717, 1.165) is 5.56 Å². The van der Waals surface area contributed by atoms with Crippen molar-refractivity contribution in [3.8, 4) is 11.8 Å². The second-order valence-electron chi connectivity index (χ2n) is 3.17. The lowest BCUT2D eigenvalue weighted by molar-refractivity contribution is -0.105. The van der Waals surface area contributed by atoms with Gasteiger partial charge in [0.25, 0.3) is 0 Å². The number of rotatable bonds is 2. The summed E-state index contributed by atoms with van der Waals surface area (Å²) in [6.45, 7) is 0. The predicted molar refractivity (Wildman–Crippen MR) is 64.1 cm³/mol. The highest BCUT2D eigenvalue weighted by molar-refractivity contribution is 5.71. The molecular weight excluding hydrogens is 214 g/mol. The van der Waals surface area contributed by atoms with Gasteiger partial charge < -0.3 is 5.32 Å². The summed E-state index contributed by atoms with van der Waals surface area (Å²) in [6.07, 6.45) is 3.91. The minimum atomic E-state index is 0.473. The summed E-state index contributed by atoms with van der Waals surface area (Å²) in [5.41, 5.74) is 1.50. The number of carbonyl (C=O) groups is 1. The number of aromatic nitrogens is 2. The molecule has 2 aromatic rings. The normalized spacial score (nSPS) is 8.94. The fraction of sp³-hybridized carbons (Fsp3) is 0. The molecule has 1 N–H and O–H groups in total. The monoisotopic (exact) mass is 223 g/mol. The zero-order chi connectivity index (χ0) is 11.9. The molecule has 0 unspecified atom stereocenters. The molecule has 0 aliphatic heterocycles. The number of anilines is 1. The highest BCUT2D eigenvalue weighted by Gasteiger charge is 1.91. The van der Waals surface area contributed by atoms with Crippen LogP contribution in [0.15, 0.2) is 42.7 Å². The standard InChI is InChI=1S/C13H9N3O/c17-10-16-12-4-1-3-11(9-12)5-6-13-14-7-2-8-15-13/h1-4,7-10H,(H,16,17). The summed E-state index contributed by atoms with van der Waals surface area (Å²) in [5, 5.41) is 2.57. The number of nitrogens with one attached hydrogen (secondary N) is 1. The number of hydrogen-bond acceptors (Lipinski definition) is 3.